The van der Waals surface area contributed by atoms with Gasteiger partial charge in [0, 0.05) is 10.9 Å². The van der Waals surface area contributed by atoms with Crippen LogP contribution in [0, 0.1) is 6.92 Å². The van der Waals surface area contributed by atoms with Gasteiger partial charge in [0.05, 0.1) is 11.4 Å². The lowest BCUT2D eigenvalue weighted by molar-refractivity contribution is 0.443. The summed E-state index contributed by atoms with van der Waals surface area (Å²) in [6, 6.07) is 17.4. The van der Waals surface area contributed by atoms with Crippen LogP contribution in [0.15, 0.2) is 59.0 Å². The maximum absolute atomic E-state index is 4.65. The van der Waals surface area contributed by atoms with Crippen LogP contribution in [0.5, 0.6) is 0 Å². The lowest BCUT2D eigenvalue weighted by Crippen LogP contribution is -2.05. The summed E-state index contributed by atoms with van der Waals surface area (Å²) in [5.74, 6) is 0.744. The topological polar surface area (TPSA) is 37.3 Å². The third-order valence-electron chi connectivity index (χ3n) is 5.58. The molecular formula is C24H27N3S. The standard InChI is InChI=1S/C24H27N3S/c1-17-8-10-22(11-9-17)23-16-28-24(25-23)27-26-18(2)19-12-14-21(15-13-19)20-6-4-3-5-7-20/h8-16,20H,3-7H2,1-2H3,(H,25,27)/b26-18+. The summed E-state index contributed by atoms with van der Waals surface area (Å²) in [7, 11) is 0. The zero-order valence-electron chi connectivity index (χ0n) is 16.6. The van der Waals surface area contributed by atoms with Crippen molar-refractivity contribution in [2.24, 2.45) is 5.10 Å². The van der Waals surface area contributed by atoms with Gasteiger partial charge in [0.15, 0.2) is 0 Å². The van der Waals surface area contributed by atoms with Crippen LogP contribution < -0.4 is 5.43 Å². The minimum absolute atomic E-state index is 0.744. The van der Waals surface area contributed by atoms with E-state index in [0.717, 1.165) is 33.6 Å². The highest BCUT2D eigenvalue weighted by Gasteiger charge is 2.15. The summed E-state index contributed by atoms with van der Waals surface area (Å²) in [6.45, 7) is 4.13. The summed E-state index contributed by atoms with van der Waals surface area (Å²) < 4.78 is 0. The van der Waals surface area contributed by atoms with Crippen molar-refractivity contribution < 1.29 is 0 Å². The number of rotatable bonds is 5. The maximum atomic E-state index is 4.65. The second kappa shape index (κ2) is 8.70. The van der Waals surface area contributed by atoms with E-state index in [1.807, 2.05) is 6.92 Å². The first kappa shape index (κ1) is 18.9. The highest BCUT2D eigenvalue weighted by molar-refractivity contribution is 7.14. The van der Waals surface area contributed by atoms with E-state index < -0.39 is 0 Å². The summed E-state index contributed by atoms with van der Waals surface area (Å²) in [6.07, 6.45) is 6.81. The highest BCUT2D eigenvalue weighted by atomic mass is 32.1. The van der Waals surface area contributed by atoms with Crippen LogP contribution in [-0.4, -0.2) is 10.7 Å². The van der Waals surface area contributed by atoms with E-state index in [1.54, 1.807) is 11.3 Å². The zero-order valence-corrected chi connectivity index (χ0v) is 17.4. The summed E-state index contributed by atoms with van der Waals surface area (Å²) in [5.41, 5.74) is 10.1. The molecule has 3 aromatic rings. The Morgan fingerprint density at radius 2 is 1.71 bits per heavy atom. The number of hydrazone groups is 1. The van der Waals surface area contributed by atoms with Crippen LogP contribution in [-0.2, 0) is 0 Å². The minimum Gasteiger partial charge on any atom is -0.252 e. The van der Waals surface area contributed by atoms with E-state index in [-0.39, 0.29) is 0 Å². The fourth-order valence-electron chi connectivity index (χ4n) is 3.81. The van der Waals surface area contributed by atoms with Crippen molar-refractivity contribution in [2.45, 2.75) is 51.9 Å². The third-order valence-corrected chi connectivity index (χ3v) is 6.32. The molecular weight excluding hydrogens is 362 g/mol. The predicted octanol–water partition coefficient (Wildman–Crippen LogP) is 7.00. The van der Waals surface area contributed by atoms with Gasteiger partial charge in [-0.3, -0.25) is 5.43 Å². The molecule has 28 heavy (non-hydrogen) atoms. The molecule has 1 N–H and O–H groups in total. The molecule has 1 aromatic heterocycles. The van der Waals surface area contributed by atoms with Gasteiger partial charge in [0.1, 0.15) is 0 Å². The van der Waals surface area contributed by atoms with Gasteiger partial charge in [0.25, 0.3) is 0 Å². The summed E-state index contributed by atoms with van der Waals surface area (Å²) in [4.78, 5) is 4.65. The zero-order chi connectivity index (χ0) is 19.3. The lowest BCUT2D eigenvalue weighted by Gasteiger charge is -2.22. The molecule has 0 atom stereocenters. The Morgan fingerprint density at radius 1 is 1.00 bits per heavy atom. The fraction of sp³-hybridized carbons (Fsp3) is 0.333. The molecule has 1 aliphatic rings. The second-order valence-electron chi connectivity index (χ2n) is 7.67. The Balaban J connectivity index is 1.41. The van der Waals surface area contributed by atoms with Crippen LogP contribution in [0.2, 0.25) is 0 Å². The van der Waals surface area contributed by atoms with Crippen molar-refractivity contribution in [1.29, 1.82) is 0 Å². The molecule has 0 bridgehead atoms. The van der Waals surface area contributed by atoms with Crippen LogP contribution >= 0.6 is 11.3 Å². The number of anilines is 1. The smallest absolute Gasteiger partial charge is 0.203 e. The molecule has 1 saturated carbocycles. The monoisotopic (exact) mass is 389 g/mol. The van der Waals surface area contributed by atoms with Gasteiger partial charge in [-0.15, -0.1) is 11.3 Å². The first-order valence-corrected chi connectivity index (χ1v) is 11.0. The van der Waals surface area contributed by atoms with Gasteiger partial charge in [-0.05, 0) is 43.7 Å². The third kappa shape index (κ3) is 4.50. The number of hydrogen-bond acceptors (Lipinski definition) is 4. The Hall–Kier alpha value is -2.46. The summed E-state index contributed by atoms with van der Waals surface area (Å²) >= 11 is 1.58. The van der Waals surface area contributed by atoms with Crippen molar-refractivity contribution in [3.8, 4) is 11.3 Å². The molecule has 0 amide bonds. The SMILES string of the molecule is C/C(=N\Nc1nc(-c2ccc(C)cc2)cs1)c1ccc(C2CCCCC2)cc1. The molecule has 144 valence electrons. The molecule has 0 saturated heterocycles. The number of aryl methyl sites for hydroxylation is 1. The average Bonchev–Trinajstić information content (AvgIpc) is 3.22. The summed E-state index contributed by atoms with van der Waals surface area (Å²) in [5, 5.41) is 7.42. The number of benzene rings is 2. The van der Waals surface area contributed by atoms with Gasteiger partial charge in [0.2, 0.25) is 5.13 Å². The maximum Gasteiger partial charge on any atom is 0.203 e. The molecule has 0 radical (unpaired) electrons. The molecule has 3 nitrogen and oxygen atoms in total. The van der Waals surface area contributed by atoms with Crippen molar-refractivity contribution in [3.63, 3.8) is 0 Å². The van der Waals surface area contributed by atoms with Gasteiger partial charge in [-0.1, -0.05) is 73.4 Å². The number of thiazole rings is 1. The van der Waals surface area contributed by atoms with Gasteiger partial charge >= 0.3 is 0 Å². The Labute approximate surface area is 171 Å². The Morgan fingerprint density at radius 3 is 2.43 bits per heavy atom. The molecule has 1 fully saturated rings. The number of hydrogen-bond donors (Lipinski definition) is 1. The minimum atomic E-state index is 0.744. The van der Waals surface area contributed by atoms with Crippen LogP contribution in [0.4, 0.5) is 5.13 Å². The Bertz CT molecular complexity index is 933. The number of nitrogens with one attached hydrogen (secondary N) is 1. The quantitative estimate of drug-likeness (QED) is 0.377. The lowest BCUT2D eigenvalue weighted by atomic mass is 9.84. The number of nitrogens with zero attached hydrogens (tertiary/aromatic N) is 2. The molecule has 0 aliphatic heterocycles. The van der Waals surface area contributed by atoms with E-state index in [1.165, 1.54) is 43.2 Å². The molecule has 1 aliphatic carbocycles. The van der Waals surface area contributed by atoms with E-state index in [0.29, 0.717) is 0 Å². The molecule has 0 unspecified atom stereocenters. The normalized spacial score (nSPS) is 15.6. The van der Waals surface area contributed by atoms with E-state index in [2.05, 4.69) is 76.3 Å². The van der Waals surface area contributed by atoms with Gasteiger partial charge in [-0.25, -0.2) is 4.98 Å². The van der Waals surface area contributed by atoms with Crippen molar-refractivity contribution in [1.82, 2.24) is 4.98 Å². The largest absolute Gasteiger partial charge is 0.252 e. The molecule has 4 rings (SSSR count). The van der Waals surface area contributed by atoms with Crippen molar-refractivity contribution in [2.75, 3.05) is 5.43 Å². The number of aromatic nitrogens is 1. The first-order chi connectivity index (χ1) is 13.7. The van der Waals surface area contributed by atoms with Gasteiger partial charge < -0.3 is 0 Å². The van der Waals surface area contributed by atoms with Crippen LogP contribution in [0.1, 0.15) is 61.6 Å². The van der Waals surface area contributed by atoms with E-state index in [4.69, 9.17) is 0 Å². The highest BCUT2D eigenvalue weighted by Crippen LogP contribution is 2.32. The average molecular weight is 390 g/mol. The molecule has 0 spiro atoms. The Kier molecular flexibility index (Phi) is 5.87. The molecule has 2 aromatic carbocycles. The molecule has 1 heterocycles. The van der Waals surface area contributed by atoms with Gasteiger partial charge in [-0.2, -0.15) is 5.10 Å². The van der Waals surface area contributed by atoms with Crippen LogP contribution in [0.25, 0.3) is 11.3 Å². The van der Waals surface area contributed by atoms with Crippen LogP contribution in [0.3, 0.4) is 0 Å². The van der Waals surface area contributed by atoms with Crippen molar-refractivity contribution in [3.05, 3.63) is 70.6 Å². The predicted molar refractivity (Wildman–Crippen MR) is 120 cm³/mol. The van der Waals surface area contributed by atoms with E-state index in [9.17, 15) is 0 Å². The van der Waals surface area contributed by atoms with E-state index >= 15 is 0 Å². The van der Waals surface area contributed by atoms with Crippen molar-refractivity contribution >= 4 is 22.2 Å². The second-order valence-corrected chi connectivity index (χ2v) is 8.53. The first-order valence-electron chi connectivity index (χ1n) is 10.1. The molecule has 4 heteroatoms. The fourth-order valence-corrected chi connectivity index (χ4v) is 4.47.